The summed E-state index contributed by atoms with van der Waals surface area (Å²) in [6, 6.07) is 16.7. The van der Waals surface area contributed by atoms with Crippen molar-refractivity contribution >= 4 is 44.9 Å². The van der Waals surface area contributed by atoms with Crippen LogP contribution < -0.4 is 9.46 Å². The van der Waals surface area contributed by atoms with Gasteiger partial charge in [0, 0.05) is 10.0 Å². The molecule has 0 bridgehead atoms. The summed E-state index contributed by atoms with van der Waals surface area (Å²) in [6.45, 7) is 0.0688. The fourth-order valence-electron chi connectivity index (χ4n) is 2.53. The molecule has 0 aromatic heterocycles. The number of rotatable bonds is 7. The maximum absolute atomic E-state index is 12.7. The molecule has 0 fully saturated rings. The number of para-hydroxylation sites is 1. The van der Waals surface area contributed by atoms with E-state index in [-0.39, 0.29) is 28.5 Å². The molecule has 2 N–H and O–H groups in total. The summed E-state index contributed by atoms with van der Waals surface area (Å²) in [5, 5.41) is 10.4. The molecule has 0 radical (unpaired) electrons. The lowest BCUT2D eigenvalue weighted by Crippen LogP contribution is -2.16. The van der Waals surface area contributed by atoms with E-state index in [0.717, 1.165) is 5.56 Å². The summed E-state index contributed by atoms with van der Waals surface area (Å²) in [4.78, 5) is 11.6. The summed E-state index contributed by atoms with van der Waals surface area (Å²) in [5.41, 5.74) is 0.327. The van der Waals surface area contributed by atoms with Gasteiger partial charge in [0.1, 0.15) is 18.0 Å². The van der Waals surface area contributed by atoms with E-state index in [9.17, 15) is 18.3 Å². The normalized spacial score (nSPS) is 11.1. The summed E-state index contributed by atoms with van der Waals surface area (Å²) >= 11 is 11.8. The molecular formula is C20H15Cl2NO5S. The fourth-order valence-corrected chi connectivity index (χ4v) is 3.96. The Labute approximate surface area is 177 Å². The minimum Gasteiger partial charge on any atom is -0.487 e. The lowest BCUT2D eigenvalue weighted by Gasteiger charge is -2.16. The molecule has 150 valence electrons. The number of nitrogens with one attached hydrogen (secondary N) is 1. The van der Waals surface area contributed by atoms with Crippen molar-refractivity contribution in [3.63, 3.8) is 0 Å². The number of carbonyl (C=O) groups is 1. The van der Waals surface area contributed by atoms with E-state index in [0.29, 0.717) is 10.0 Å². The average Bonchev–Trinajstić information content (AvgIpc) is 2.67. The molecule has 29 heavy (non-hydrogen) atoms. The van der Waals surface area contributed by atoms with Crippen molar-refractivity contribution < 1.29 is 23.1 Å². The van der Waals surface area contributed by atoms with Crippen LogP contribution in [0.4, 0.5) is 5.69 Å². The summed E-state index contributed by atoms with van der Waals surface area (Å²) in [5.74, 6) is -1.23. The molecule has 9 heteroatoms. The molecule has 0 heterocycles. The number of hydrogen-bond acceptors (Lipinski definition) is 4. The number of hydrogen-bond donors (Lipinski definition) is 2. The topological polar surface area (TPSA) is 92.7 Å². The lowest BCUT2D eigenvalue weighted by molar-refractivity contribution is 0.0697. The highest BCUT2D eigenvalue weighted by Crippen LogP contribution is 2.32. The molecule has 0 aliphatic rings. The van der Waals surface area contributed by atoms with Crippen molar-refractivity contribution in [3.8, 4) is 5.75 Å². The van der Waals surface area contributed by atoms with Gasteiger partial charge in [-0.05, 0) is 54.1 Å². The van der Waals surface area contributed by atoms with Gasteiger partial charge in [0.05, 0.1) is 10.5 Å². The summed E-state index contributed by atoms with van der Waals surface area (Å²) < 4.78 is 33.5. The van der Waals surface area contributed by atoms with E-state index in [1.807, 2.05) is 0 Å². The summed E-state index contributed by atoms with van der Waals surface area (Å²) in [7, 11) is -4.07. The van der Waals surface area contributed by atoms with Crippen LogP contribution in [-0.4, -0.2) is 19.5 Å². The number of sulfonamides is 1. The highest BCUT2D eigenvalue weighted by molar-refractivity contribution is 7.92. The third kappa shape index (κ3) is 5.20. The highest BCUT2D eigenvalue weighted by atomic mass is 35.5. The number of aromatic carboxylic acids is 1. The monoisotopic (exact) mass is 451 g/mol. The first-order valence-electron chi connectivity index (χ1n) is 8.28. The van der Waals surface area contributed by atoms with E-state index in [4.69, 9.17) is 27.9 Å². The second-order valence-electron chi connectivity index (χ2n) is 5.96. The molecule has 0 saturated carbocycles. The van der Waals surface area contributed by atoms with Crippen LogP contribution in [0.15, 0.2) is 71.6 Å². The van der Waals surface area contributed by atoms with Crippen molar-refractivity contribution in [3.05, 3.63) is 87.9 Å². The molecule has 0 saturated heterocycles. The van der Waals surface area contributed by atoms with Crippen LogP contribution >= 0.6 is 23.2 Å². The minimum absolute atomic E-state index is 0.0668. The maximum Gasteiger partial charge on any atom is 0.337 e. The van der Waals surface area contributed by atoms with Gasteiger partial charge in [0.25, 0.3) is 10.0 Å². The zero-order chi connectivity index (χ0) is 21.0. The summed E-state index contributed by atoms with van der Waals surface area (Å²) in [6.07, 6.45) is 0. The lowest BCUT2D eigenvalue weighted by atomic mass is 10.1. The van der Waals surface area contributed by atoms with E-state index in [1.165, 1.54) is 42.5 Å². The molecule has 0 aliphatic heterocycles. The predicted octanol–water partition coefficient (Wildman–Crippen LogP) is 5.07. The Morgan fingerprint density at radius 3 is 2.31 bits per heavy atom. The zero-order valence-corrected chi connectivity index (χ0v) is 17.1. The van der Waals surface area contributed by atoms with Gasteiger partial charge in [0.2, 0.25) is 0 Å². The highest BCUT2D eigenvalue weighted by Gasteiger charge is 2.22. The second kappa shape index (κ2) is 8.73. The Bertz CT molecular complexity index is 1150. The number of ether oxygens (including phenoxy) is 1. The predicted molar refractivity (Wildman–Crippen MR) is 111 cm³/mol. The molecule has 3 rings (SSSR count). The van der Waals surface area contributed by atoms with Gasteiger partial charge in [-0.2, -0.15) is 0 Å². The van der Waals surface area contributed by atoms with Gasteiger partial charge in [-0.1, -0.05) is 41.4 Å². The quantitative estimate of drug-likeness (QED) is 0.522. The number of anilines is 1. The molecule has 6 nitrogen and oxygen atoms in total. The number of halogens is 2. The SMILES string of the molecule is O=C(O)c1cccc(OCc2cccc(Cl)c2)c1NS(=O)(=O)c1ccc(Cl)cc1. The average molecular weight is 452 g/mol. The van der Waals surface area contributed by atoms with Crippen molar-refractivity contribution in [2.24, 2.45) is 0 Å². The van der Waals surface area contributed by atoms with Crippen LogP contribution in [0.5, 0.6) is 5.75 Å². The second-order valence-corrected chi connectivity index (χ2v) is 8.52. The van der Waals surface area contributed by atoms with Crippen molar-refractivity contribution in [1.82, 2.24) is 0 Å². The molecule has 3 aromatic carbocycles. The molecule has 0 spiro atoms. The van der Waals surface area contributed by atoms with Gasteiger partial charge >= 0.3 is 5.97 Å². The number of benzene rings is 3. The van der Waals surface area contributed by atoms with Gasteiger partial charge < -0.3 is 9.84 Å². The van der Waals surface area contributed by atoms with Crippen LogP contribution in [-0.2, 0) is 16.6 Å². The third-order valence-electron chi connectivity index (χ3n) is 3.90. The molecule has 0 atom stereocenters. The van der Waals surface area contributed by atoms with Crippen LogP contribution in [0.25, 0.3) is 0 Å². The Morgan fingerprint density at radius 1 is 0.966 bits per heavy atom. The van der Waals surface area contributed by atoms with Gasteiger partial charge in [-0.15, -0.1) is 0 Å². The first kappa shape index (κ1) is 21.0. The maximum atomic E-state index is 12.7. The molecule has 0 aliphatic carbocycles. The van der Waals surface area contributed by atoms with Gasteiger partial charge in [-0.25, -0.2) is 13.2 Å². The third-order valence-corrected chi connectivity index (χ3v) is 5.75. The smallest absolute Gasteiger partial charge is 0.337 e. The zero-order valence-electron chi connectivity index (χ0n) is 14.8. The Kier molecular flexibility index (Phi) is 6.32. The van der Waals surface area contributed by atoms with Crippen molar-refractivity contribution in [2.45, 2.75) is 11.5 Å². The molecule has 3 aromatic rings. The largest absolute Gasteiger partial charge is 0.487 e. The van der Waals surface area contributed by atoms with Crippen LogP contribution in [0.3, 0.4) is 0 Å². The van der Waals surface area contributed by atoms with Gasteiger partial charge in [0.15, 0.2) is 0 Å². The Balaban J connectivity index is 1.95. The Morgan fingerprint density at radius 2 is 1.66 bits per heavy atom. The molecular weight excluding hydrogens is 437 g/mol. The van der Waals surface area contributed by atoms with E-state index >= 15 is 0 Å². The number of carboxylic acid groups (broad SMARTS) is 1. The van der Waals surface area contributed by atoms with Crippen LogP contribution in [0.2, 0.25) is 10.0 Å². The van der Waals surface area contributed by atoms with Crippen molar-refractivity contribution in [1.29, 1.82) is 0 Å². The number of carboxylic acids is 1. The van der Waals surface area contributed by atoms with Crippen molar-refractivity contribution in [2.75, 3.05) is 4.72 Å². The van der Waals surface area contributed by atoms with Crippen LogP contribution in [0, 0.1) is 0 Å². The molecule has 0 unspecified atom stereocenters. The van der Waals surface area contributed by atoms with E-state index in [2.05, 4.69) is 4.72 Å². The fraction of sp³-hybridized carbons (Fsp3) is 0.0500. The molecule has 0 amide bonds. The minimum atomic E-state index is -4.07. The van der Waals surface area contributed by atoms with Gasteiger partial charge in [-0.3, -0.25) is 4.72 Å². The first-order valence-corrected chi connectivity index (χ1v) is 10.5. The van der Waals surface area contributed by atoms with Crippen LogP contribution in [0.1, 0.15) is 15.9 Å². The standard InChI is InChI=1S/C20H15Cl2NO5S/c21-14-7-9-16(10-8-14)29(26,27)23-19-17(20(24)25)5-2-6-18(19)28-12-13-3-1-4-15(22)11-13/h1-11,23H,12H2,(H,24,25). The van der Waals surface area contributed by atoms with E-state index < -0.39 is 16.0 Å². The van der Waals surface area contributed by atoms with E-state index in [1.54, 1.807) is 24.3 Å². The first-order chi connectivity index (χ1) is 13.8. The Hall–Kier alpha value is -2.74.